The molecule has 2 unspecified atom stereocenters. The molecular formula is C17H24N4. The van der Waals surface area contributed by atoms with Gasteiger partial charge in [0.15, 0.2) is 0 Å². The van der Waals surface area contributed by atoms with Crippen molar-refractivity contribution in [3.8, 4) is 6.07 Å². The molecule has 1 aromatic heterocycles. The molecule has 2 atom stereocenters. The van der Waals surface area contributed by atoms with E-state index >= 15 is 0 Å². The zero-order valence-corrected chi connectivity index (χ0v) is 13.6. The average Bonchev–Trinajstić information content (AvgIpc) is 2.83. The summed E-state index contributed by atoms with van der Waals surface area (Å²) in [6.07, 6.45) is 1.01. The number of benzene rings is 1. The Bertz CT molecular complexity index is 663. The Morgan fingerprint density at radius 1 is 1.33 bits per heavy atom. The van der Waals surface area contributed by atoms with Gasteiger partial charge in [-0.3, -0.25) is 4.90 Å². The third-order valence-corrected chi connectivity index (χ3v) is 4.08. The van der Waals surface area contributed by atoms with E-state index in [1.807, 2.05) is 6.92 Å². The Morgan fingerprint density at radius 3 is 2.62 bits per heavy atom. The highest BCUT2D eigenvalue weighted by Crippen LogP contribution is 2.25. The Balaban J connectivity index is 2.59. The summed E-state index contributed by atoms with van der Waals surface area (Å²) in [5.41, 5.74) is 3.45. The normalized spacial score (nSPS) is 14.3. The van der Waals surface area contributed by atoms with Crippen molar-refractivity contribution in [2.45, 2.75) is 39.8 Å². The number of fused-ring (bicyclic) bond motifs is 1. The van der Waals surface area contributed by atoms with Crippen LogP contribution in [0.1, 0.15) is 38.2 Å². The minimum Gasteiger partial charge on any atom is -0.325 e. The van der Waals surface area contributed by atoms with Crippen LogP contribution >= 0.6 is 0 Å². The van der Waals surface area contributed by atoms with Gasteiger partial charge in [0, 0.05) is 6.54 Å². The molecule has 1 aromatic carbocycles. The first-order valence-electron chi connectivity index (χ1n) is 7.53. The molecule has 0 aliphatic rings. The lowest BCUT2D eigenvalue weighted by Gasteiger charge is -2.21. The van der Waals surface area contributed by atoms with E-state index < -0.39 is 0 Å². The standard InChI is InChI=1S/C17H24N4/c1-6-14-7-8-16-15(9-14)19-17(13(3)20(4)5)21(16)11-12(2)10-18/h7-9,12-13H,6,11H2,1-5H3. The Hall–Kier alpha value is -1.86. The molecule has 0 spiro atoms. The van der Waals surface area contributed by atoms with Crippen LogP contribution in [-0.2, 0) is 13.0 Å². The van der Waals surface area contributed by atoms with Gasteiger partial charge < -0.3 is 4.57 Å². The fourth-order valence-corrected chi connectivity index (χ4v) is 2.47. The van der Waals surface area contributed by atoms with Crippen molar-refractivity contribution in [3.63, 3.8) is 0 Å². The first kappa shape index (κ1) is 15.5. The van der Waals surface area contributed by atoms with Crippen molar-refractivity contribution in [3.05, 3.63) is 29.6 Å². The van der Waals surface area contributed by atoms with Crippen LogP contribution in [0.15, 0.2) is 18.2 Å². The second-order valence-electron chi connectivity index (χ2n) is 5.93. The van der Waals surface area contributed by atoms with Crippen LogP contribution in [0.5, 0.6) is 0 Å². The summed E-state index contributed by atoms with van der Waals surface area (Å²) in [6.45, 7) is 6.94. The molecule has 0 aliphatic heterocycles. The molecule has 2 aromatic rings. The molecule has 0 fully saturated rings. The van der Waals surface area contributed by atoms with Gasteiger partial charge in [0.25, 0.3) is 0 Å². The molecule has 0 saturated heterocycles. The quantitative estimate of drug-likeness (QED) is 0.845. The number of aromatic nitrogens is 2. The lowest BCUT2D eigenvalue weighted by atomic mass is 10.1. The highest BCUT2D eigenvalue weighted by atomic mass is 15.2. The van der Waals surface area contributed by atoms with Crippen LogP contribution in [0, 0.1) is 17.2 Å². The van der Waals surface area contributed by atoms with Gasteiger partial charge in [-0.05, 0) is 52.1 Å². The van der Waals surface area contributed by atoms with Gasteiger partial charge in [-0.15, -0.1) is 0 Å². The molecule has 0 aliphatic carbocycles. The molecule has 0 N–H and O–H groups in total. The second-order valence-corrected chi connectivity index (χ2v) is 5.93. The van der Waals surface area contributed by atoms with Crippen LogP contribution in [-0.4, -0.2) is 28.5 Å². The number of nitrogens with zero attached hydrogens (tertiary/aromatic N) is 4. The van der Waals surface area contributed by atoms with E-state index in [2.05, 4.69) is 61.7 Å². The van der Waals surface area contributed by atoms with Crippen LogP contribution in [0.4, 0.5) is 0 Å². The van der Waals surface area contributed by atoms with Gasteiger partial charge in [0.2, 0.25) is 0 Å². The van der Waals surface area contributed by atoms with Gasteiger partial charge in [0.05, 0.1) is 29.1 Å². The molecule has 4 heteroatoms. The molecule has 0 saturated carbocycles. The van der Waals surface area contributed by atoms with E-state index in [-0.39, 0.29) is 12.0 Å². The summed E-state index contributed by atoms with van der Waals surface area (Å²) >= 11 is 0. The first-order chi connectivity index (χ1) is 9.97. The third-order valence-electron chi connectivity index (χ3n) is 4.08. The van der Waals surface area contributed by atoms with Crippen molar-refractivity contribution in [2.24, 2.45) is 5.92 Å². The van der Waals surface area contributed by atoms with E-state index in [0.29, 0.717) is 6.54 Å². The first-order valence-corrected chi connectivity index (χ1v) is 7.53. The number of imidazole rings is 1. The maximum atomic E-state index is 9.13. The van der Waals surface area contributed by atoms with Gasteiger partial charge in [-0.2, -0.15) is 5.26 Å². The number of hydrogen-bond acceptors (Lipinski definition) is 3. The minimum atomic E-state index is -0.0265. The van der Waals surface area contributed by atoms with Crippen molar-refractivity contribution in [1.29, 1.82) is 5.26 Å². The molecule has 21 heavy (non-hydrogen) atoms. The maximum Gasteiger partial charge on any atom is 0.127 e. The van der Waals surface area contributed by atoms with Crippen LogP contribution in [0.25, 0.3) is 11.0 Å². The predicted molar refractivity (Wildman–Crippen MR) is 86.0 cm³/mol. The fourth-order valence-electron chi connectivity index (χ4n) is 2.47. The molecule has 1 heterocycles. The van der Waals surface area contributed by atoms with E-state index in [1.165, 1.54) is 5.56 Å². The smallest absolute Gasteiger partial charge is 0.127 e. The van der Waals surface area contributed by atoms with Crippen molar-refractivity contribution < 1.29 is 0 Å². The van der Waals surface area contributed by atoms with Crippen LogP contribution < -0.4 is 0 Å². The van der Waals surface area contributed by atoms with Gasteiger partial charge in [-0.1, -0.05) is 13.0 Å². The predicted octanol–water partition coefficient (Wildman–Crippen LogP) is 3.38. The van der Waals surface area contributed by atoms with Gasteiger partial charge in [-0.25, -0.2) is 4.98 Å². The van der Waals surface area contributed by atoms with Crippen LogP contribution in [0.3, 0.4) is 0 Å². The number of nitriles is 1. The summed E-state index contributed by atoms with van der Waals surface area (Å²) in [5, 5.41) is 9.13. The molecular weight excluding hydrogens is 260 g/mol. The molecule has 4 nitrogen and oxygen atoms in total. The zero-order chi connectivity index (χ0) is 15.6. The van der Waals surface area contributed by atoms with E-state index in [0.717, 1.165) is 23.3 Å². The lowest BCUT2D eigenvalue weighted by molar-refractivity contribution is 0.299. The fraction of sp³-hybridized carbons (Fsp3) is 0.529. The largest absolute Gasteiger partial charge is 0.325 e. The van der Waals surface area contributed by atoms with Gasteiger partial charge in [0.1, 0.15) is 5.82 Å². The Morgan fingerprint density at radius 2 is 2.05 bits per heavy atom. The van der Waals surface area contributed by atoms with E-state index in [1.54, 1.807) is 0 Å². The SMILES string of the molecule is CCc1ccc2c(c1)nc(C(C)N(C)C)n2CC(C)C#N. The summed E-state index contributed by atoms with van der Waals surface area (Å²) < 4.78 is 2.20. The maximum absolute atomic E-state index is 9.13. The number of hydrogen-bond donors (Lipinski definition) is 0. The van der Waals surface area contributed by atoms with Crippen molar-refractivity contribution in [2.75, 3.05) is 14.1 Å². The highest BCUT2D eigenvalue weighted by molar-refractivity contribution is 5.77. The highest BCUT2D eigenvalue weighted by Gasteiger charge is 2.19. The number of aryl methyl sites for hydroxylation is 1. The summed E-state index contributed by atoms with van der Waals surface area (Å²) in [5.74, 6) is 1.01. The monoisotopic (exact) mass is 284 g/mol. The molecule has 112 valence electrons. The topological polar surface area (TPSA) is 44.9 Å². The van der Waals surface area contributed by atoms with Crippen molar-refractivity contribution in [1.82, 2.24) is 14.5 Å². The molecule has 0 amide bonds. The average molecular weight is 284 g/mol. The Labute approximate surface area is 127 Å². The summed E-state index contributed by atoms with van der Waals surface area (Å²) in [4.78, 5) is 6.99. The summed E-state index contributed by atoms with van der Waals surface area (Å²) in [6, 6.07) is 8.99. The van der Waals surface area contributed by atoms with Gasteiger partial charge >= 0.3 is 0 Å². The zero-order valence-electron chi connectivity index (χ0n) is 13.6. The number of rotatable bonds is 5. The van der Waals surface area contributed by atoms with E-state index in [4.69, 9.17) is 10.2 Å². The molecule has 2 rings (SSSR count). The molecule has 0 bridgehead atoms. The van der Waals surface area contributed by atoms with E-state index in [9.17, 15) is 0 Å². The second kappa shape index (κ2) is 6.28. The molecule has 0 radical (unpaired) electrons. The van der Waals surface area contributed by atoms with Crippen molar-refractivity contribution >= 4 is 11.0 Å². The third kappa shape index (κ3) is 3.08. The summed E-state index contributed by atoms with van der Waals surface area (Å²) in [7, 11) is 4.11. The lowest BCUT2D eigenvalue weighted by Crippen LogP contribution is -2.22. The van der Waals surface area contributed by atoms with Crippen LogP contribution in [0.2, 0.25) is 0 Å². The Kier molecular flexibility index (Phi) is 4.64. The minimum absolute atomic E-state index is 0.0265.